The highest BCUT2D eigenvalue weighted by Crippen LogP contribution is 2.61. The summed E-state index contributed by atoms with van der Waals surface area (Å²) >= 11 is 0. The molecule has 0 aromatic heterocycles. The molecule has 5 nitrogen and oxygen atoms in total. The molecule has 2 N–H and O–H groups in total. The number of benzene rings is 1. The second-order valence-corrected chi connectivity index (χ2v) is 8.74. The van der Waals surface area contributed by atoms with Crippen molar-refractivity contribution < 1.29 is 19.4 Å². The third-order valence-corrected chi connectivity index (χ3v) is 6.47. The van der Waals surface area contributed by atoms with E-state index in [0.717, 1.165) is 37.7 Å². The van der Waals surface area contributed by atoms with Crippen molar-refractivity contribution in [1.29, 1.82) is 0 Å². The van der Waals surface area contributed by atoms with Crippen LogP contribution in [0.1, 0.15) is 57.1 Å². The third kappa shape index (κ3) is 3.25. The predicted molar refractivity (Wildman–Crippen MR) is 96.0 cm³/mol. The molecule has 4 bridgehead atoms. The Labute approximate surface area is 154 Å². The van der Waals surface area contributed by atoms with Gasteiger partial charge < -0.3 is 15.2 Å². The van der Waals surface area contributed by atoms with E-state index in [4.69, 9.17) is 4.74 Å². The number of esters is 1. The van der Waals surface area contributed by atoms with E-state index in [1.54, 1.807) is 0 Å². The highest BCUT2D eigenvalue weighted by atomic mass is 16.5. The Morgan fingerprint density at radius 1 is 1.19 bits per heavy atom. The molecule has 0 spiro atoms. The zero-order chi connectivity index (χ0) is 18.4. The highest BCUT2D eigenvalue weighted by molar-refractivity contribution is 5.83. The first-order chi connectivity index (χ1) is 12.4. The van der Waals surface area contributed by atoms with Gasteiger partial charge >= 0.3 is 5.97 Å². The smallest absolute Gasteiger partial charge is 0.312 e. The van der Waals surface area contributed by atoms with Crippen molar-refractivity contribution >= 4 is 11.9 Å². The molecule has 0 aliphatic heterocycles. The summed E-state index contributed by atoms with van der Waals surface area (Å²) in [7, 11) is 0. The summed E-state index contributed by atoms with van der Waals surface area (Å²) in [6.07, 6.45) is 4.83. The van der Waals surface area contributed by atoms with Crippen molar-refractivity contribution in [2.75, 3.05) is 6.61 Å². The first-order valence-corrected chi connectivity index (χ1v) is 9.61. The number of aliphatic hydroxyl groups is 1. The van der Waals surface area contributed by atoms with Crippen LogP contribution >= 0.6 is 0 Å². The van der Waals surface area contributed by atoms with E-state index in [1.807, 2.05) is 37.3 Å². The number of amides is 1. The number of carbonyl (C=O) groups excluding carboxylic acids is 2. The van der Waals surface area contributed by atoms with Crippen LogP contribution in [-0.2, 0) is 14.3 Å². The quantitative estimate of drug-likeness (QED) is 0.795. The summed E-state index contributed by atoms with van der Waals surface area (Å²) in [6, 6.07) is 9.55. The predicted octanol–water partition coefficient (Wildman–Crippen LogP) is 2.74. The van der Waals surface area contributed by atoms with Gasteiger partial charge in [-0.15, -0.1) is 0 Å². The van der Waals surface area contributed by atoms with Crippen LogP contribution in [0.4, 0.5) is 0 Å². The summed E-state index contributed by atoms with van der Waals surface area (Å²) in [5.74, 6) is 0.243. The minimum absolute atomic E-state index is 0.136. The maximum atomic E-state index is 12.8. The van der Waals surface area contributed by atoms with Crippen molar-refractivity contribution in [2.45, 2.75) is 57.1 Å². The first-order valence-electron chi connectivity index (χ1n) is 9.61. The zero-order valence-corrected chi connectivity index (χ0v) is 15.2. The van der Waals surface area contributed by atoms with Crippen LogP contribution in [0.15, 0.2) is 30.3 Å². The Morgan fingerprint density at radius 3 is 2.46 bits per heavy atom. The van der Waals surface area contributed by atoms with Crippen molar-refractivity contribution in [3.63, 3.8) is 0 Å². The van der Waals surface area contributed by atoms with E-state index >= 15 is 0 Å². The van der Waals surface area contributed by atoms with Crippen LogP contribution in [0.5, 0.6) is 0 Å². The molecule has 1 amide bonds. The third-order valence-electron chi connectivity index (χ3n) is 6.47. The molecule has 4 saturated carbocycles. The van der Waals surface area contributed by atoms with E-state index in [1.165, 1.54) is 0 Å². The molecule has 5 heteroatoms. The fourth-order valence-electron chi connectivity index (χ4n) is 5.85. The van der Waals surface area contributed by atoms with Gasteiger partial charge in [-0.25, -0.2) is 0 Å². The summed E-state index contributed by atoms with van der Waals surface area (Å²) in [5.41, 5.74) is -0.271. The van der Waals surface area contributed by atoms with Crippen molar-refractivity contribution in [1.82, 2.24) is 5.32 Å². The number of carbonyl (C=O) groups is 2. The minimum Gasteiger partial charge on any atom is -0.455 e. The molecular formula is C21H27NO4. The molecule has 1 aromatic rings. The van der Waals surface area contributed by atoms with Crippen LogP contribution in [0.3, 0.4) is 0 Å². The van der Waals surface area contributed by atoms with E-state index in [9.17, 15) is 14.7 Å². The monoisotopic (exact) mass is 357 g/mol. The second-order valence-electron chi connectivity index (χ2n) is 8.74. The number of ether oxygens (including phenoxy) is 1. The lowest BCUT2D eigenvalue weighted by Crippen LogP contribution is -2.58. The highest BCUT2D eigenvalue weighted by Gasteiger charge is 2.60. The fraction of sp³-hybridized carbons (Fsp3) is 0.619. The van der Waals surface area contributed by atoms with Crippen LogP contribution in [0.25, 0.3) is 0 Å². The van der Waals surface area contributed by atoms with Crippen LogP contribution in [0.2, 0.25) is 0 Å². The molecule has 0 heterocycles. The van der Waals surface area contributed by atoms with Gasteiger partial charge in [0.2, 0.25) is 0 Å². The van der Waals surface area contributed by atoms with E-state index < -0.39 is 11.0 Å². The fourth-order valence-corrected chi connectivity index (χ4v) is 5.85. The number of rotatable bonds is 5. The standard InChI is InChI=1S/C21H27NO4/c1-14(17-5-3-2-4-6-17)22-18(23)12-26-19(24)20-8-15-7-16(9-20)11-21(25,10-15)13-20/h2-6,14-16,25H,7-13H2,1H3,(H,22,23)/t14-,15-,16+,20?,21?/m0/s1. The van der Waals surface area contributed by atoms with Gasteiger partial charge in [0.15, 0.2) is 6.61 Å². The molecule has 4 aliphatic carbocycles. The van der Waals surface area contributed by atoms with Gasteiger partial charge in [0.25, 0.3) is 5.91 Å². The number of hydrogen-bond acceptors (Lipinski definition) is 4. The Kier molecular flexibility index (Phi) is 4.30. The van der Waals surface area contributed by atoms with Crippen LogP contribution < -0.4 is 5.32 Å². The maximum Gasteiger partial charge on any atom is 0.312 e. The molecule has 4 fully saturated rings. The largest absolute Gasteiger partial charge is 0.455 e. The van der Waals surface area contributed by atoms with Gasteiger partial charge in [-0.1, -0.05) is 30.3 Å². The summed E-state index contributed by atoms with van der Waals surface area (Å²) in [5, 5.41) is 13.6. The Bertz CT molecular complexity index is 687. The van der Waals surface area contributed by atoms with Gasteiger partial charge in [0, 0.05) is 0 Å². The van der Waals surface area contributed by atoms with Crippen LogP contribution in [-0.4, -0.2) is 29.2 Å². The van der Waals surface area contributed by atoms with Gasteiger partial charge in [0.1, 0.15) is 0 Å². The molecule has 1 aromatic carbocycles. The summed E-state index contributed by atoms with van der Waals surface area (Å²) < 4.78 is 5.41. The number of hydrogen-bond donors (Lipinski definition) is 2. The summed E-state index contributed by atoms with van der Waals surface area (Å²) in [6.45, 7) is 1.65. The van der Waals surface area contributed by atoms with Crippen molar-refractivity contribution in [3.8, 4) is 0 Å². The minimum atomic E-state index is -0.701. The lowest BCUT2D eigenvalue weighted by molar-refractivity contribution is -0.196. The average molecular weight is 357 g/mol. The normalized spacial score (nSPS) is 35.8. The van der Waals surface area contributed by atoms with Crippen molar-refractivity contribution in [3.05, 3.63) is 35.9 Å². The number of nitrogens with one attached hydrogen (secondary N) is 1. The Balaban J connectivity index is 1.33. The maximum absolute atomic E-state index is 12.8. The Morgan fingerprint density at radius 2 is 1.85 bits per heavy atom. The van der Waals surface area contributed by atoms with Crippen LogP contribution in [0, 0.1) is 17.3 Å². The molecule has 4 aliphatic rings. The average Bonchev–Trinajstić information content (AvgIpc) is 2.58. The van der Waals surface area contributed by atoms with E-state index in [0.29, 0.717) is 18.3 Å². The molecule has 140 valence electrons. The zero-order valence-electron chi connectivity index (χ0n) is 15.2. The lowest BCUT2D eigenvalue weighted by Gasteiger charge is -2.58. The molecule has 26 heavy (non-hydrogen) atoms. The Hall–Kier alpha value is -1.88. The van der Waals surface area contributed by atoms with Gasteiger partial charge in [-0.3, -0.25) is 9.59 Å². The molecule has 5 rings (SSSR count). The van der Waals surface area contributed by atoms with Gasteiger partial charge in [0.05, 0.1) is 17.1 Å². The lowest BCUT2D eigenvalue weighted by atomic mass is 9.48. The molecule has 2 unspecified atom stereocenters. The molecule has 0 radical (unpaired) electrons. The molecular weight excluding hydrogens is 330 g/mol. The van der Waals surface area contributed by atoms with Crippen molar-refractivity contribution in [2.24, 2.45) is 17.3 Å². The molecule has 0 saturated heterocycles. The SMILES string of the molecule is C[C@H](NC(=O)COC(=O)C12C[C@@H]3C[C@@H](CC(O)(C3)C1)C2)c1ccccc1. The van der Waals surface area contributed by atoms with E-state index in [-0.39, 0.29) is 24.5 Å². The summed E-state index contributed by atoms with van der Waals surface area (Å²) in [4.78, 5) is 25.0. The molecule has 5 atom stereocenters. The van der Waals surface area contributed by atoms with Gasteiger partial charge in [-0.2, -0.15) is 0 Å². The second kappa shape index (κ2) is 6.38. The van der Waals surface area contributed by atoms with E-state index in [2.05, 4.69) is 5.32 Å². The topological polar surface area (TPSA) is 75.6 Å². The van der Waals surface area contributed by atoms with Gasteiger partial charge in [-0.05, 0) is 62.8 Å². The first kappa shape index (κ1) is 17.5.